The van der Waals surface area contributed by atoms with Crippen LogP contribution >= 0.6 is 11.6 Å². The minimum Gasteiger partial charge on any atom is -0.508 e. The van der Waals surface area contributed by atoms with Gasteiger partial charge in [-0.25, -0.2) is 0 Å². The molecule has 0 unspecified atom stereocenters. The highest BCUT2D eigenvalue weighted by Crippen LogP contribution is 2.59. The van der Waals surface area contributed by atoms with Gasteiger partial charge in [0.1, 0.15) is 27.8 Å². The quantitative estimate of drug-likeness (QED) is 0.0951. The van der Waals surface area contributed by atoms with E-state index in [-0.39, 0.29) is 5.56 Å². The van der Waals surface area contributed by atoms with E-state index in [2.05, 4.69) is 0 Å². The molecule has 0 aromatic heterocycles. The summed E-state index contributed by atoms with van der Waals surface area (Å²) in [6, 6.07) is 0. The number of Topliss-reactive ketones (excluding diaryl/α,β-unsaturated/α-hetero) is 2. The summed E-state index contributed by atoms with van der Waals surface area (Å²) in [5.74, 6) is -11.4. The molecule has 3 aliphatic carbocycles. The molecule has 1 fully saturated rings. The first-order valence-electron chi connectivity index (χ1n) is 9.83. The number of amides is 1. The zero-order valence-electron chi connectivity index (χ0n) is 17.3. The normalized spacial score (nSPS) is 30.6. The number of aliphatic hydroxyl groups excluding tert-OH is 3. The van der Waals surface area contributed by atoms with E-state index in [1.165, 1.54) is 6.92 Å². The molecule has 0 aliphatic heterocycles. The molecule has 9 N–H and O–H groups in total. The number of fused-ring (bicyclic) bond motifs is 3. The predicted octanol–water partition coefficient (Wildman–Crippen LogP) is 0.0995. The zero-order valence-corrected chi connectivity index (χ0v) is 18.0. The largest absolute Gasteiger partial charge is 0.508 e. The molecule has 1 saturated carbocycles. The van der Waals surface area contributed by atoms with E-state index in [0.717, 1.165) is 0 Å². The number of nitrogen functional groups attached to an aromatic ring is 1. The molecule has 3 aliphatic rings. The second-order valence-electron chi connectivity index (χ2n) is 8.46. The van der Waals surface area contributed by atoms with E-state index in [0.29, 0.717) is 0 Å². The Morgan fingerprint density at radius 1 is 1.26 bits per heavy atom. The van der Waals surface area contributed by atoms with Crippen molar-refractivity contribution < 1.29 is 44.8 Å². The molecular weight excluding hydrogens is 478 g/mol. The van der Waals surface area contributed by atoms with Gasteiger partial charge in [-0.15, -0.1) is 0 Å². The van der Waals surface area contributed by atoms with Crippen molar-refractivity contribution in [1.82, 2.24) is 0 Å². The second-order valence-corrected chi connectivity index (χ2v) is 8.83. The number of aliphatic hydroxyl groups is 4. The van der Waals surface area contributed by atoms with Crippen LogP contribution < -0.4 is 11.5 Å². The van der Waals surface area contributed by atoms with Crippen molar-refractivity contribution in [3.8, 4) is 5.75 Å². The van der Waals surface area contributed by atoms with Crippen LogP contribution in [0.2, 0.25) is 5.02 Å². The smallest absolute Gasteiger partial charge is 0.294 e. The van der Waals surface area contributed by atoms with Crippen LogP contribution in [0.4, 0.5) is 11.4 Å². The van der Waals surface area contributed by atoms with Crippen LogP contribution in [0.1, 0.15) is 30.4 Å². The molecule has 34 heavy (non-hydrogen) atoms. The molecule has 5 atom stereocenters. The lowest BCUT2D eigenvalue weighted by molar-refractivity contribution is -0.385. The third-order valence-electron chi connectivity index (χ3n) is 6.90. The molecule has 1 amide bonds. The van der Waals surface area contributed by atoms with Crippen molar-refractivity contribution in [3.05, 3.63) is 43.2 Å². The maximum atomic E-state index is 13.5. The number of phenols is 1. The molecule has 180 valence electrons. The number of hydrogen-bond donors (Lipinski definition) is 7. The SMILES string of the molecule is C[C@H]1c2c(c(O)c(N)c(Cl)c2[N+](=O)[O-])C(O)=C2C(=O)[C@]3(O)C(O)=C(C(N)=O)C(=O)C[C@@H]3[C@@H](O)[C@@H]21. The zero-order chi connectivity index (χ0) is 25.6. The number of halogens is 1. The summed E-state index contributed by atoms with van der Waals surface area (Å²) >= 11 is 5.98. The lowest BCUT2D eigenvalue weighted by Crippen LogP contribution is -2.63. The summed E-state index contributed by atoms with van der Waals surface area (Å²) in [5, 5.41) is 65.5. The van der Waals surface area contributed by atoms with Crippen LogP contribution in [0.3, 0.4) is 0 Å². The topological polar surface area (TPSA) is 248 Å². The third-order valence-corrected chi connectivity index (χ3v) is 7.28. The van der Waals surface area contributed by atoms with E-state index in [1.807, 2.05) is 0 Å². The molecule has 1 aromatic carbocycles. The number of anilines is 1. The van der Waals surface area contributed by atoms with E-state index in [9.17, 15) is 50.0 Å². The number of hydrogen-bond acceptors (Lipinski definition) is 11. The number of nitro benzene ring substituents is 1. The predicted molar refractivity (Wildman–Crippen MR) is 114 cm³/mol. The van der Waals surface area contributed by atoms with Crippen LogP contribution in [0.25, 0.3) is 5.76 Å². The van der Waals surface area contributed by atoms with Crippen LogP contribution in [0, 0.1) is 22.0 Å². The van der Waals surface area contributed by atoms with E-state index < -0.39 is 109 Å². The van der Waals surface area contributed by atoms with Crippen molar-refractivity contribution in [2.45, 2.75) is 31.0 Å². The minimum atomic E-state index is -3.02. The fraction of sp³-hybridized carbons (Fsp3) is 0.350. The first-order valence-corrected chi connectivity index (χ1v) is 10.2. The first kappa shape index (κ1) is 23.5. The Morgan fingerprint density at radius 2 is 1.85 bits per heavy atom. The number of carbonyl (C=O) groups excluding carboxylic acids is 3. The van der Waals surface area contributed by atoms with Gasteiger partial charge in [-0.05, 0) is 5.92 Å². The maximum absolute atomic E-state index is 13.5. The lowest BCUT2D eigenvalue weighted by Gasteiger charge is -2.50. The van der Waals surface area contributed by atoms with Gasteiger partial charge < -0.3 is 37.0 Å². The highest BCUT2D eigenvalue weighted by atomic mass is 35.5. The Balaban J connectivity index is 2.10. The number of ketones is 2. The van der Waals surface area contributed by atoms with Crippen LogP contribution in [0.5, 0.6) is 5.75 Å². The highest BCUT2D eigenvalue weighted by molar-refractivity contribution is 6.36. The van der Waals surface area contributed by atoms with Gasteiger partial charge in [0.2, 0.25) is 5.78 Å². The fourth-order valence-electron chi connectivity index (χ4n) is 5.34. The van der Waals surface area contributed by atoms with Crippen LogP contribution in [0.15, 0.2) is 16.9 Å². The molecule has 0 spiro atoms. The van der Waals surface area contributed by atoms with Crippen molar-refractivity contribution in [1.29, 1.82) is 0 Å². The van der Waals surface area contributed by atoms with Gasteiger partial charge in [0.05, 0.1) is 16.6 Å². The van der Waals surface area contributed by atoms with Crippen molar-refractivity contribution in [2.75, 3.05) is 5.73 Å². The van der Waals surface area contributed by atoms with Gasteiger partial charge in [0.15, 0.2) is 17.1 Å². The lowest BCUT2D eigenvalue weighted by atomic mass is 9.55. The van der Waals surface area contributed by atoms with E-state index in [1.54, 1.807) is 0 Å². The van der Waals surface area contributed by atoms with Crippen molar-refractivity contribution in [2.24, 2.45) is 17.6 Å². The molecule has 1 aromatic rings. The van der Waals surface area contributed by atoms with Gasteiger partial charge >= 0.3 is 0 Å². The Kier molecular flexibility index (Phi) is 4.94. The monoisotopic (exact) mass is 495 g/mol. The summed E-state index contributed by atoms with van der Waals surface area (Å²) in [6.45, 7) is 1.34. The van der Waals surface area contributed by atoms with Gasteiger partial charge in [-0.2, -0.15) is 0 Å². The third kappa shape index (κ3) is 2.59. The number of primary amides is 1. The Bertz CT molecular complexity index is 1300. The second kappa shape index (κ2) is 7.16. The summed E-state index contributed by atoms with van der Waals surface area (Å²) in [5.41, 5.74) is 3.65. The fourth-order valence-corrected chi connectivity index (χ4v) is 5.60. The van der Waals surface area contributed by atoms with E-state index >= 15 is 0 Å². The molecule has 4 rings (SSSR count). The van der Waals surface area contributed by atoms with E-state index in [4.69, 9.17) is 23.1 Å². The average molecular weight is 496 g/mol. The van der Waals surface area contributed by atoms with Crippen LogP contribution in [-0.4, -0.2) is 59.6 Å². The number of aromatic hydroxyl groups is 1. The Morgan fingerprint density at radius 3 is 2.38 bits per heavy atom. The Hall–Kier alpha value is -3.68. The molecule has 0 radical (unpaired) electrons. The summed E-state index contributed by atoms with van der Waals surface area (Å²) < 4.78 is 0. The van der Waals surface area contributed by atoms with Gasteiger partial charge in [0, 0.05) is 29.4 Å². The number of nitrogens with two attached hydrogens (primary N) is 2. The number of nitro groups is 1. The summed E-state index contributed by atoms with van der Waals surface area (Å²) in [4.78, 5) is 48.4. The molecule has 0 saturated heterocycles. The summed E-state index contributed by atoms with van der Waals surface area (Å²) in [7, 11) is 0. The highest BCUT2D eigenvalue weighted by Gasteiger charge is 2.65. The molecule has 0 bridgehead atoms. The molecule has 13 nitrogen and oxygen atoms in total. The van der Waals surface area contributed by atoms with Crippen molar-refractivity contribution >= 4 is 46.2 Å². The number of carbonyl (C=O) groups is 3. The summed E-state index contributed by atoms with van der Waals surface area (Å²) in [6.07, 6.45) is -2.60. The number of nitrogens with zero attached hydrogens (tertiary/aromatic N) is 1. The first-order chi connectivity index (χ1) is 15.7. The maximum Gasteiger partial charge on any atom is 0.294 e. The number of rotatable bonds is 2. The standard InChI is InChI=1S/C20H18ClN3O10/c1-3-6-9(16(28)12(22)11(21)13(6)24(33)34)15(27)10-7(3)14(26)4-2-5(25)8(19(23)31)17(29)20(4,32)18(10)30/h3-4,7,14,26-29,32H,2,22H2,1H3,(H2,23,31)/t3-,4+,7+,14+,20+/m0/s1. The molecule has 14 heteroatoms. The molecular formula is C20H18ClN3O10. The number of benzene rings is 1. The van der Waals surface area contributed by atoms with Crippen molar-refractivity contribution in [3.63, 3.8) is 0 Å². The Labute approximate surface area is 194 Å². The van der Waals surface area contributed by atoms with Gasteiger partial charge in [-0.1, -0.05) is 18.5 Å². The average Bonchev–Trinajstić information content (AvgIpc) is 2.74. The molecule has 0 heterocycles. The number of phenolic OH excluding ortho intramolecular Hbond substituents is 1. The van der Waals surface area contributed by atoms with Crippen LogP contribution in [-0.2, 0) is 14.4 Å². The minimum absolute atomic E-state index is 0.329. The van der Waals surface area contributed by atoms with Gasteiger partial charge in [0.25, 0.3) is 11.6 Å². The van der Waals surface area contributed by atoms with Gasteiger partial charge in [-0.3, -0.25) is 24.5 Å².